The van der Waals surface area contributed by atoms with E-state index in [4.69, 9.17) is 9.47 Å². The van der Waals surface area contributed by atoms with E-state index in [1.807, 2.05) is 32.0 Å². The Morgan fingerprint density at radius 3 is 2.63 bits per heavy atom. The third-order valence-corrected chi connectivity index (χ3v) is 5.21. The van der Waals surface area contributed by atoms with Gasteiger partial charge in [-0.2, -0.15) is 5.10 Å². The standard InChI is InChI=1S/C19H22N4O3S/c1-11-18(27-12(2)21-11)14-10-15(23-22-14)19(24)20-8-7-13-5-6-16(25-3)17(9-13)26-4/h5-6,9-10H,7-8H2,1-4H3,(H,20,24)(H,22,23). The van der Waals surface area contributed by atoms with Gasteiger partial charge in [0.1, 0.15) is 0 Å². The second-order valence-corrected chi connectivity index (χ2v) is 7.21. The van der Waals surface area contributed by atoms with Crippen LogP contribution in [0.5, 0.6) is 11.5 Å². The van der Waals surface area contributed by atoms with E-state index in [1.165, 1.54) is 0 Å². The van der Waals surface area contributed by atoms with E-state index < -0.39 is 0 Å². The maximum Gasteiger partial charge on any atom is 0.271 e. The normalized spacial score (nSPS) is 10.7. The maximum absolute atomic E-state index is 12.3. The molecule has 0 spiro atoms. The van der Waals surface area contributed by atoms with Crippen LogP contribution in [0.2, 0.25) is 0 Å². The highest BCUT2D eigenvalue weighted by molar-refractivity contribution is 7.15. The number of hydrogen-bond donors (Lipinski definition) is 2. The van der Waals surface area contributed by atoms with Crippen LogP contribution >= 0.6 is 11.3 Å². The summed E-state index contributed by atoms with van der Waals surface area (Å²) in [6.07, 6.45) is 0.677. The summed E-state index contributed by atoms with van der Waals surface area (Å²) in [7, 11) is 3.20. The molecule has 3 aromatic rings. The van der Waals surface area contributed by atoms with E-state index in [1.54, 1.807) is 31.6 Å². The number of nitrogens with zero attached hydrogens (tertiary/aromatic N) is 2. The first-order valence-electron chi connectivity index (χ1n) is 8.50. The van der Waals surface area contributed by atoms with Crippen molar-refractivity contribution in [2.75, 3.05) is 20.8 Å². The molecule has 8 heteroatoms. The van der Waals surface area contributed by atoms with Crippen molar-refractivity contribution in [3.05, 3.63) is 46.2 Å². The second-order valence-electron chi connectivity index (χ2n) is 6.01. The molecule has 2 heterocycles. The summed E-state index contributed by atoms with van der Waals surface area (Å²) in [6.45, 7) is 4.40. The molecule has 0 aliphatic rings. The highest BCUT2D eigenvalue weighted by Gasteiger charge is 2.14. The molecule has 0 aliphatic carbocycles. The third-order valence-electron chi connectivity index (χ3n) is 4.11. The monoisotopic (exact) mass is 386 g/mol. The first kappa shape index (κ1) is 18.9. The quantitative estimate of drug-likeness (QED) is 0.651. The van der Waals surface area contributed by atoms with Gasteiger partial charge in [-0.1, -0.05) is 6.07 Å². The summed E-state index contributed by atoms with van der Waals surface area (Å²) in [5.41, 5.74) is 3.15. The lowest BCUT2D eigenvalue weighted by atomic mass is 10.1. The van der Waals surface area contributed by atoms with E-state index >= 15 is 0 Å². The fourth-order valence-corrected chi connectivity index (χ4v) is 3.67. The van der Waals surface area contributed by atoms with Gasteiger partial charge in [0.05, 0.1) is 35.5 Å². The average molecular weight is 386 g/mol. The Balaban J connectivity index is 1.59. The molecule has 7 nitrogen and oxygen atoms in total. The number of aromatic nitrogens is 3. The van der Waals surface area contributed by atoms with Crippen LogP contribution in [0.15, 0.2) is 24.3 Å². The van der Waals surface area contributed by atoms with Crippen LogP contribution in [0.25, 0.3) is 10.6 Å². The minimum Gasteiger partial charge on any atom is -0.493 e. The lowest BCUT2D eigenvalue weighted by Gasteiger charge is -2.09. The van der Waals surface area contributed by atoms with Crippen molar-refractivity contribution in [1.29, 1.82) is 0 Å². The minimum atomic E-state index is -0.211. The largest absolute Gasteiger partial charge is 0.493 e. The van der Waals surface area contributed by atoms with E-state index in [9.17, 15) is 4.79 Å². The van der Waals surface area contributed by atoms with Crippen LogP contribution in [0.4, 0.5) is 0 Å². The molecular formula is C19H22N4O3S. The number of hydrogen-bond acceptors (Lipinski definition) is 6. The van der Waals surface area contributed by atoms with E-state index in [-0.39, 0.29) is 5.91 Å². The summed E-state index contributed by atoms with van der Waals surface area (Å²) in [4.78, 5) is 17.7. The summed E-state index contributed by atoms with van der Waals surface area (Å²) in [6, 6.07) is 7.47. The zero-order chi connectivity index (χ0) is 19.4. The number of carbonyl (C=O) groups excluding carboxylic acids is 1. The number of rotatable bonds is 7. The fraction of sp³-hybridized carbons (Fsp3) is 0.316. The number of methoxy groups -OCH3 is 2. The zero-order valence-corrected chi connectivity index (χ0v) is 16.6. The molecule has 0 saturated carbocycles. The Hall–Kier alpha value is -2.87. The number of aromatic amines is 1. The molecule has 1 aromatic carbocycles. The number of aryl methyl sites for hydroxylation is 2. The average Bonchev–Trinajstić information content (AvgIpc) is 3.27. The second kappa shape index (κ2) is 8.22. The lowest BCUT2D eigenvalue weighted by Crippen LogP contribution is -2.26. The molecule has 1 amide bonds. The first-order chi connectivity index (χ1) is 13.0. The van der Waals surface area contributed by atoms with Gasteiger partial charge in [0.25, 0.3) is 5.91 Å². The van der Waals surface area contributed by atoms with Crippen LogP contribution < -0.4 is 14.8 Å². The molecular weight excluding hydrogens is 364 g/mol. The molecule has 27 heavy (non-hydrogen) atoms. The van der Waals surface area contributed by atoms with E-state index in [0.29, 0.717) is 30.2 Å². The van der Waals surface area contributed by atoms with Crippen LogP contribution in [0, 0.1) is 13.8 Å². The van der Waals surface area contributed by atoms with Crippen LogP contribution in [-0.4, -0.2) is 41.9 Å². The van der Waals surface area contributed by atoms with Gasteiger partial charge in [-0.25, -0.2) is 4.98 Å². The molecule has 2 aromatic heterocycles. The van der Waals surface area contributed by atoms with Crippen molar-refractivity contribution in [3.63, 3.8) is 0 Å². The molecule has 0 radical (unpaired) electrons. The van der Waals surface area contributed by atoms with Gasteiger partial charge < -0.3 is 14.8 Å². The molecule has 0 aliphatic heterocycles. The predicted molar refractivity (Wildman–Crippen MR) is 105 cm³/mol. The molecule has 3 rings (SSSR count). The Morgan fingerprint density at radius 2 is 1.96 bits per heavy atom. The number of H-pyrrole nitrogens is 1. The smallest absolute Gasteiger partial charge is 0.271 e. The summed E-state index contributed by atoms with van der Waals surface area (Å²) < 4.78 is 10.5. The Bertz CT molecular complexity index is 948. The predicted octanol–water partition coefficient (Wildman–Crippen LogP) is 3.14. The van der Waals surface area contributed by atoms with Gasteiger partial charge in [0.15, 0.2) is 17.2 Å². The van der Waals surface area contributed by atoms with E-state index in [2.05, 4.69) is 20.5 Å². The van der Waals surface area contributed by atoms with Crippen LogP contribution in [-0.2, 0) is 6.42 Å². The van der Waals surface area contributed by atoms with Crippen molar-refractivity contribution in [2.45, 2.75) is 20.3 Å². The molecule has 0 fully saturated rings. The third kappa shape index (κ3) is 4.28. The van der Waals surface area contributed by atoms with E-state index in [0.717, 1.165) is 26.8 Å². The SMILES string of the molecule is COc1ccc(CCNC(=O)c2cc(-c3sc(C)nc3C)[nH]n2)cc1OC. The number of ether oxygens (including phenoxy) is 2. The highest BCUT2D eigenvalue weighted by atomic mass is 32.1. The molecule has 0 saturated heterocycles. The molecule has 0 unspecified atom stereocenters. The van der Waals surface area contributed by atoms with Crippen molar-refractivity contribution < 1.29 is 14.3 Å². The number of thiazole rings is 1. The van der Waals surface area contributed by atoms with Gasteiger partial charge in [0, 0.05) is 6.54 Å². The van der Waals surface area contributed by atoms with Gasteiger partial charge in [-0.05, 0) is 44.0 Å². The van der Waals surface area contributed by atoms with Gasteiger partial charge in [-0.3, -0.25) is 9.89 Å². The zero-order valence-electron chi connectivity index (χ0n) is 15.8. The van der Waals surface area contributed by atoms with Crippen LogP contribution in [0.3, 0.4) is 0 Å². The van der Waals surface area contributed by atoms with Crippen LogP contribution in [0.1, 0.15) is 26.8 Å². The number of amides is 1. The number of carbonyl (C=O) groups is 1. The van der Waals surface area contributed by atoms with Crippen molar-refractivity contribution in [1.82, 2.24) is 20.5 Å². The lowest BCUT2D eigenvalue weighted by molar-refractivity contribution is 0.0949. The molecule has 0 bridgehead atoms. The first-order valence-corrected chi connectivity index (χ1v) is 9.32. The molecule has 0 atom stereocenters. The number of nitrogens with one attached hydrogen (secondary N) is 2. The summed E-state index contributed by atoms with van der Waals surface area (Å²) in [5, 5.41) is 10.9. The van der Waals surface area contributed by atoms with Gasteiger partial charge in [0.2, 0.25) is 0 Å². The van der Waals surface area contributed by atoms with Crippen molar-refractivity contribution in [3.8, 4) is 22.1 Å². The van der Waals surface area contributed by atoms with Gasteiger partial charge >= 0.3 is 0 Å². The van der Waals surface area contributed by atoms with Crippen molar-refractivity contribution in [2.24, 2.45) is 0 Å². The minimum absolute atomic E-state index is 0.211. The fourth-order valence-electron chi connectivity index (χ4n) is 2.78. The van der Waals surface area contributed by atoms with Gasteiger partial charge in [-0.15, -0.1) is 11.3 Å². The summed E-state index contributed by atoms with van der Waals surface area (Å²) in [5.74, 6) is 1.15. The Labute approximate surface area is 161 Å². The Kier molecular flexibility index (Phi) is 5.75. The summed E-state index contributed by atoms with van der Waals surface area (Å²) >= 11 is 1.58. The maximum atomic E-state index is 12.3. The Morgan fingerprint density at radius 1 is 1.19 bits per heavy atom. The van der Waals surface area contributed by atoms with Crippen molar-refractivity contribution >= 4 is 17.2 Å². The molecule has 142 valence electrons. The molecule has 2 N–H and O–H groups in total. The topological polar surface area (TPSA) is 89.1 Å². The highest BCUT2D eigenvalue weighted by Crippen LogP contribution is 2.29. The number of benzene rings is 1.